The molecule has 0 saturated heterocycles. The maximum Gasteiger partial charge on any atom is 0.235 e. The first-order valence-corrected chi connectivity index (χ1v) is 10.4. The molecule has 0 saturated carbocycles. The van der Waals surface area contributed by atoms with Crippen LogP contribution in [0.25, 0.3) is 0 Å². The Hall–Kier alpha value is -2.58. The minimum absolute atomic E-state index is 0.186. The molecule has 1 aliphatic rings. The third-order valence-electron chi connectivity index (χ3n) is 4.37. The molecular weight excluding hydrogens is 368 g/mol. The van der Waals surface area contributed by atoms with Gasteiger partial charge in [0.2, 0.25) is 22.7 Å². The second kappa shape index (κ2) is 7.98. The highest BCUT2D eigenvalue weighted by Crippen LogP contribution is 2.32. The van der Waals surface area contributed by atoms with Gasteiger partial charge in [-0.15, -0.1) is 0 Å². The number of ether oxygens (including phenoxy) is 2. The zero-order valence-corrected chi connectivity index (χ0v) is 16.0. The Balaban J connectivity index is 1.64. The summed E-state index contributed by atoms with van der Waals surface area (Å²) in [4.78, 5) is 12.4. The molecule has 0 fully saturated rings. The lowest BCUT2D eigenvalue weighted by Gasteiger charge is -2.26. The van der Waals surface area contributed by atoms with Crippen LogP contribution in [0.5, 0.6) is 11.5 Å². The molecule has 0 radical (unpaired) electrons. The molecule has 8 heteroatoms. The molecule has 0 bridgehead atoms. The molecule has 1 atom stereocenters. The van der Waals surface area contributed by atoms with E-state index in [0.717, 1.165) is 17.4 Å². The second-order valence-electron chi connectivity index (χ2n) is 6.36. The summed E-state index contributed by atoms with van der Waals surface area (Å²) in [5.74, 6) is 0.933. The van der Waals surface area contributed by atoms with Gasteiger partial charge in [-0.05, 0) is 30.2 Å². The zero-order chi connectivity index (χ0) is 19.4. The van der Waals surface area contributed by atoms with Crippen molar-refractivity contribution in [2.24, 2.45) is 0 Å². The fourth-order valence-corrected chi connectivity index (χ4v) is 3.94. The molecule has 7 nitrogen and oxygen atoms in total. The molecule has 1 heterocycles. The molecule has 1 unspecified atom stereocenters. The van der Waals surface area contributed by atoms with Crippen molar-refractivity contribution in [2.75, 3.05) is 19.6 Å². The average molecular weight is 390 g/mol. The number of hydrogen-bond acceptors (Lipinski definition) is 5. The molecule has 1 amide bonds. The Labute approximate surface area is 158 Å². The molecule has 0 spiro atoms. The van der Waals surface area contributed by atoms with Gasteiger partial charge in [0.1, 0.15) is 0 Å². The Morgan fingerprint density at radius 2 is 1.85 bits per heavy atom. The molecule has 3 rings (SSSR count). The minimum Gasteiger partial charge on any atom is -0.454 e. The van der Waals surface area contributed by atoms with Gasteiger partial charge in [-0.25, -0.2) is 8.42 Å². The Morgan fingerprint density at radius 3 is 2.56 bits per heavy atom. The monoisotopic (exact) mass is 390 g/mol. The Bertz CT molecular complexity index is 915. The number of fused-ring (bicyclic) bond motifs is 1. The van der Waals surface area contributed by atoms with Crippen LogP contribution >= 0.6 is 0 Å². The molecule has 2 aromatic carbocycles. The van der Waals surface area contributed by atoms with Crippen molar-refractivity contribution in [1.29, 1.82) is 0 Å². The Morgan fingerprint density at radius 1 is 1.15 bits per heavy atom. The van der Waals surface area contributed by atoms with Crippen LogP contribution in [0.2, 0.25) is 0 Å². The highest BCUT2D eigenvalue weighted by molar-refractivity contribution is 7.88. The van der Waals surface area contributed by atoms with E-state index in [4.69, 9.17) is 9.47 Å². The van der Waals surface area contributed by atoms with E-state index in [2.05, 4.69) is 5.32 Å². The normalized spacial score (nSPS) is 14.2. The largest absolute Gasteiger partial charge is 0.454 e. The van der Waals surface area contributed by atoms with Crippen LogP contribution in [-0.4, -0.2) is 38.2 Å². The van der Waals surface area contributed by atoms with Crippen LogP contribution in [0.15, 0.2) is 48.5 Å². The van der Waals surface area contributed by atoms with Crippen molar-refractivity contribution in [3.05, 3.63) is 59.7 Å². The number of nitrogens with one attached hydrogen (secondary N) is 1. The van der Waals surface area contributed by atoms with Crippen molar-refractivity contribution in [1.82, 2.24) is 9.62 Å². The van der Waals surface area contributed by atoms with Gasteiger partial charge in [-0.3, -0.25) is 4.79 Å². The molecule has 1 N–H and O–H groups in total. The van der Waals surface area contributed by atoms with Crippen LogP contribution in [0.1, 0.15) is 24.1 Å². The van der Waals surface area contributed by atoms with E-state index >= 15 is 0 Å². The average Bonchev–Trinajstić information content (AvgIpc) is 3.11. The van der Waals surface area contributed by atoms with E-state index in [1.165, 1.54) is 4.31 Å². The lowest BCUT2D eigenvalue weighted by atomic mass is 10.1. The summed E-state index contributed by atoms with van der Waals surface area (Å²) in [5.41, 5.74) is 1.67. The summed E-state index contributed by atoms with van der Waals surface area (Å²) in [6.45, 7) is 1.97. The molecule has 1 aliphatic heterocycles. The number of hydrogen-bond donors (Lipinski definition) is 1. The third-order valence-corrected chi connectivity index (χ3v) is 5.66. The maximum atomic E-state index is 12.4. The van der Waals surface area contributed by atoms with Crippen molar-refractivity contribution >= 4 is 15.9 Å². The van der Waals surface area contributed by atoms with E-state index in [1.807, 2.05) is 36.4 Å². The number of sulfonamides is 1. The number of rotatable bonds is 7. The number of carbonyl (C=O) groups excluding carboxylic acids is 1. The molecule has 0 aliphatic carbocycles. The van der Waals surface area contributed by atoms with Crippen LogP contribution in [0.4, 0.5) is 0 Å². The van der Waals surface area contributed by atoms with Gasteiger partial charge in [-0.1, -0.05) is 36.4 Å². The third kappa shape index (κ3) is 4.78. The lowest BCUT2D eigenvalue weighted by Crippen LogP contribution is -2.41. The first kappa shape index (κ1) is 19.2. The van der Waals surface area contributed by atoms with Gasteiger partial charge < -0.3 is 14.8 Å². The van der Waals surface area contributed by atoms with E-state index < -0.39 is 16.1 Å². The van der Waals surface area contributed by atoms with Crippen molar-refractivity contribution in [3.63, 3.8) is 0 Å². The first-order chi connectivity index (χ1) is 12.8. The van der Waals surface area contributed by atoms with E-state index in [1.54, 1.807) is 19.1 Å². The van der Waals surface area contributed by atoms with Gasteiger partial charge in [0.05, 0.1) is 12.8 Å². The molecular formula is C19H22N2O5S. The van der Waals surface area contributed by atoms with Crippen LogP contribution in [-0.2, 0) is 21.4 Å². The maximum absolute atomic E-state index is 12.4. The molecule has 144 valence electrons. The topological polar surface area (TPSA) is 84.9 Å². The summed E-state index contributed by atoms with van der Waals surface area (Å²) in [6, 6.07) is 14.2. The van der Waals surface area contributed by atoms with E-state index in [0.29, 0.717) is 11.5 Å². The highest BCUT2D eigenvalue weighted by Gasteiger charge is 2.26. The van der Waals surface area contributed by atoms with E-state index in [9.17, 15) is 13.2 Å². The Kier molecular flexibility index (Phi) is 5.67. The van der Waals surface area contributed by atoms with Crippen LogP contribution in [0, 0.1) is 0 Å². The summed E-state index contributed by atoms with van der Waals surface area (Å²) >= 11 is 0. The van der Waals surface area contributed by atoms with Gasteiger partial charge in [0.15, 0.2) is 11.5 Å². The SMILES string of the molecule is CC(c1ccccc1)N(CC(=O)NCc1ccc2c(c1)OCO2)S(C)(=O)=O. The van der Waals surface area contributed by atoms with Crippen LogP contribution in [0.3, 0.4) is 0 Å². The summed E-state index contributed by atoms with van der Waals surface area (Å²) in [5, 5.41) is 2.76. The lowest BCUT2D eigenvalue weighted by molar-refractivity contribution is -0.121. The number of amides is 1. The zero-order valence-electron chi connectivity index (χ0n) is 15.2. The quantitative estimate of drug-likeness (QED) is 0.782. The first-order valence-electron chi connectivity index (χ1n) is 8.51. The van der Waals surface area contributed by atoms with Crippen molar-refractivity contribution in [3.8, 4) is 11.5 Å². The standard InChI is InChI=1S/C19H22N2O5S/c1-14(16-6-4-3-5-7-16)21(27(2,23)24)12-19(22)20-11-15-8-9-17-18(10-15)26-13-25-17/h3-10,14H,11-13H2,1-2H3,(H,20,22). The van der Waals surface area contributed by atoms with Crippen molar-refractivity contribution < 1.29 is 22.7 Å². The van der Waals surface area contributed by atoms with Gasteiger partial charge in [-0.2, -0.15) is 4.31 Å². The van der Waals surface area contributed by atoms with Gasteiger partial charge in [0, 0.05) is 12.6 Å². The second-order valence-corrected chi connectivity index (χ2v) is 8.29. The predicted molar refractivity (Wildman–Crippen MR) is 101 cm³/mol. The summed E-state index contributed by atoms with van der Waals surface area (Å²) in [7, 11) is -3.56. The van der Waals surface area contributed by atoms with Gasteiger partial charge >= 0.3 is 0 Å². The van der Waals surface area contributed by atoms with Crippen molar-refractivity contribution in [2.45, 2.75) is 19.5 Å². The van der Waals surface area contributed by atoms with E-state index in [-0.39, 0.29) is 25.8 Å². The summed E-state index contributed by atoms with van der Waals surface area (Å²) < 4.78 is 36.2. The minimum atomic E-state index is -3.56. The number of carbonyl (C=O) groups is 1. The molecule has 2 aromatic rings. The smallest absolute Gasteiger partial charge is 0.235 e. The number of nitrogens with zero attached hydrogens (tertiary/aromatic N) is 1. The fraction of sp³-hybridized carbons (Fsp3) is 0.316. The van der Waals surface area contributed by atoms with Gasteiger partial charge in [0.25, 0.3) is 0 Å². The molecule has 0 aromatic heterocycles. The van der Waals surface area contributed by atoms with Crippen LogP contribution < -0.4 is 14.8 Å². The molecule has 27 heavy (non-hydrogen) atoms. The number of benzene rings is 2. The highest BCUT2D eigenvalue weighted by atomic mass is 32.2. The predicted octanol–water partition coefficient (Wildman–Crippen LogP) is 2.05. The summed E-state index contributed by atoms with van der Waals surface area (Å²) in [6.07, 6.45) is 1.11. The fourth-order valence-electron chi connectivity index (χ4n) is 2.89.